The van der Waals surface area contributed by atoms with Crippen molar-refractivity contribution < 1.29 is 72.7 Å². The molecular weight excluding hydrogens is 444 g/mol. The molecule has 0 aliphatic carbocycles. The molecule has 2 aromatic rings. The van der Waals surface area contributed by atoms with Crippen LogP contribution in [-0.4, -0.2) is 0 Å². The van der Waals surface area contributed by atoms with Crippen LogP contribution in [-0.2, 0) is 34.6 Å². The van der Waals surface area contributed by atoms with E-state index in [2.05, 4.69) is 44.2 Å². The molecule has 4 heteroatoms. The van der Waals surface area contributed by atoms with E-state index in [4.69, 9.17) is 0 Å². The van der Waals surface area contributed by atoms with Crippen LogP contribution >= 0.6 is 0 Å². The van der Waals surface area contributed by atoms with Gasteiger partial charge in [-0.25, -0.2) is 0 Å². The third kappa shape index (κ3) is 4.87. The molecule has 2 rings (SSSR count). The number of benzene rings is 1. The van der Waals surface area contributed by atoms with Gasteiger partial charge in [-0.05, 0) is 12.8 Å². The van der Waals surface area contributed by atoms with Crippen molar-refractivity contribution in [2.24, 2.45) is 0 Å². The maximum absolute atomic E-state index is 2.27. The molecule has 0 aliphatic rings. The van der Waals surface area contributed by atoms with Crippen LogP contribution in [0.25, 0.3) is 10.8 Å². The second-order valence-electron chi connectivity index (χ2n) is 3.44. The monoisotopic (exact) mass is 456 g/mol. The van der Waals surface area contributed by atoms with Gasteiger partial charge in [-0.1, -0.05) is 25.0 Å². The molecule has 0 nitrogen and oxygen atoms in total. The van der Waals surface area contributed by atoms with E-state index in [0.717, 1.165) is 12.8 Å². The van der Waals surface area contributed by atoms with Gasteiger partial charge >= 0.3 is 21.7 Å². The van der Waals surface area contributed by atoms with E-state index in [0.29, 0.717) is 0 Å². The fourth-order valence-corrected chi connectivity index (χ4v) is 2.07. The first-order valence-electron chi connectivity index (χ1n) is 5.03. The van der Waals surface area contributed by atoms with Gasteiger partial charge in [0.15, 0.2) is 0 Å². The van der Waals surface area contributed by atoms with Crippen LogP contribution in [0, 0.1) is 0 Å². The van der Waals surface area contributed by atoms with E-state index in [1.165, 1.54) is 21.9 Å². The summed E-state index contributed by atoms with van der Waals surface area (Å²) in [6.45, 7) is 4.46. The van der Waals surface area contributed by atoms with Crippen molar-refractivity contribution in [1.29, 1.82) is 0 Å². The molecule has 2 aromatic carbocycles. The van der Waals surface area contributed by atoms with Gasteiger partial charge < -0.3 is 50.9 Å². The Morgan fingerprint density at radius 2 is 1.59 bits per heavy atom. The fourth-order valence-electron chi connectivity index (χ4n) is 2.07. The molecule has 0 unspecified atom stereocenters. The number of rotatable bonds is 2. The second kappa shape index (κ2) is 10.9. The molecule has 0 aromatic heterocycles. The molecule has 92 valence electrons. The average molecular weight is 459 g/mol. The van der Waals surface area contributed by atoms with Crippen molar-refractivity contribution >= 4 is 10.8 Å². The second-order valence-corrected chi connectivity index (χ2v) is 3.44. The summed E-state index contributed by atoms with van der Waals surface area (Å²) in [4.78, 5) is 0. The first-order chi connectivity index (χ1) is 6.36. The van der Waals surface area contributed by atoms with Gasteiger partial charge in [0, 0.05) is 0 Å². The molecule has 17 heavy (non-hydrogen) atoms. The Morgan fingerprint density at radius 1 is 0.941 bits per heavy atom. The van der Waals surface area contributed by atoms with Crippen LogP contribution in [0.1, 0.15) is 25.0 Å². The van der Waals surface area contributed by atoms with Crippen molar-refractivity contribution in [3.8, 4) is 0 Å². The zero-order valence-electron chi connectivity index (χ0n) is 9.93. The molecule has 0 fully saturated rings. The summed E-state index contributed by atoms with van der Waals surface area (Å²) in [6.07, 6.45) is 2.29. The Bertz CT molecular complexity index is 424. The summed E-state index contributed by atoms with van der Waals surface area (Å²) in [7, 11) is 0. The molecule has 0 atom stereocenters. The average Bonchev–Trinajstić information content (AvgIpc) is 2.63. The molecule has 0 saturated carbocycles. The normalized spacial score (nSPS) is 8.35. The number of fused-ring (bicyclic) bond motifs is 1. The third-order valence-corrected chi connectivity index (χ3v) is 2.76. The van der Waals surface area contributed by atoms with Crippen LogP contribution in [0.5, 0.6) is 0 Å². The van der Waals surface area contributed by atoms with Crippen molar-refractivity contribution in [3.63, 3.8) is 0 Å². The molecule has 0 spiro atoms. The van der Waals surface area contributed by atoms with Gasteiger partial charge in [0.1, 0.15) is 0 Å². The van der Waals surface area contributed by atoms with Crippen LogP contribution < -0.4 is 50.9 Å². The van der Waals surface area contributed by atoms with Gasteiger partial charge in [0.05, 0.1) is 0 Å². The topological polar surface area (TPSA) is 0 Å². The minimum atomic E-state index is 0. The van der Waals surface area contributed by atoms with Crippen molar-refractivity contribution in [2.75, 3.05) is 0 Å². The Morgan fingerprint density at radius 3 is 2.12 bits per heavy atom. The minimum absolute atomic E-state index is 0. The van der Waals surface area contributed by atoms with Crippen LogP contribution in [0.15, 0.2) is 30.3 Å². The van der Waals surface area contributed by atoms with Crippen LogP contribution in [0.3, 0.4) is 0 Å². The van der Waals surface area contributed by atoms with E-state index in [9.17, 15) is 0 Å². The van der Waals surface area contributed by atoms with E-state index >= 15 is 0 Å². The first-order valence-corrected chi connectivity index (χ1v) is 5.03. The fraction of sp³-hybridized carbons (Fsp3) is 0.308. The summed E-state index contributed by atoms with van der Waals surface area (Å²) in [5.74, 6) is 0. The molecule has 0 heterocycles. The largest absolute Gasteiger partial charge is 4.00 e. The van der Waals surface area contributed by atoms with Crippen LogP contribution in [0.2, 0.25) is 0 Å². The third-order valence-electron chi connectivity index (χ3n) is 2.76. The van der Waals surface area contributed by atoms with E-state index in [1.807, 2.05) is 0 Å². The van der Waals surface area contributed by atoms with E-state index < -0.39 is 0 Å². The quantitative estimate of drug-likeness (QED) is 0.312. The Labute approximate surface area is 150 Å². The number of halogens is 3. The molecule has 0 bridgehead atoms. The molecule has 0 aliphatic heterocycles. The maximum Gasteiger partial charge on any atom is 4.00 e. The van der Waals surface area contributed by atoms with Gasteiger partial charge in [0.25, 0.3) is 0 Å². The van der Waals surface area contributed by atoms with E-state index in [1.54, 1.807) is 0 Å². The standard InChI is InChI=1S/C13H15.3BrH.Ti/c1-3-10-8-9-11-6-5-7-13(11)12(10)4-2;;;;/h5-9H,3-4H2,1-2H3;3*1H;/q-1;;;;+4/p-3. The number of aryl methyl sites for hydroxylation is 2. The summed E-state index contributed by atoms with van der Waals surface area (Å²) < 4.78 is 0. The molecule has 0 N–H and O–H groups in total. The van der Waals surface area contributed by atoms with Crippen molar-refractivity contribution in [2.45, 2.75) is 26.7 Å². The van der Waals surface area contributed by atoms with E-state index in [-0.39, 0.29) is 72.7 Å². The number of hydrogen-bond donors (Lipinski definition) is 0. The molecule has 0 amide bonds. The van der Waals surface area contributed by atoms with Gasteiger partial charge in [-0.2, -0.15) is 12.1 Å². The summed E-state index contributed by atoms with van der Waals surface area (Å²) in [5.41, 5.74) is 3.03. The smallest absolute Gasteiger partial charge is 1.00 e. The molecular formula is C13H15Br3Ti. The predicted octanol–water partition coefficient (Wildman–Crippen LogP) is -5.31. The Hall–Kier alpha value is 0.984. The van der Waals surface area contributed by atoms with Gasteiger partial charge in [-0.15, -0.1) is 29.0 Å². The van der Waals surface area contributed by atoms with Crippen molar-refractivity contribution in [3.05, 3.63) is 41.5 Å². The SMILES string of the molecule is CCc1ccc2[cH-]ccc2c1CC.[Br-].[Br-].[Br-].[Ti+4]. The first kappa shape index (κ1) is 23.1. The Balaban J connectivity index is -0.000000490. The van der Waals surface area contributed by atoms with Gasteiger partial charge in [0.2, 0.25) is 0 Å². The zero-order valence-corrected chi connectivity index (χ0v) is 16.3. The van der Waals surface area contributed by atoms with Crippen molar-refractivity contribution in [1.82, 2.24) is 0 Å². The minimum Gasteiger partial charge on any atom is -1.00 e. The zero-order chi connectivity index (χ0) is 9.26. The summed E-state index contributed by atoms with van der Waals surface area (Å²) >= 11 is 0. The maximum atomic E-state index is 2.27. The Kier molecular flexibility index (Phi) is 14.8. The molecule has 0 saturated heterocycles. The predicted molar refractivity (Wildman–Crippen MR) is 58.3 cm³/mol. The summed E-state index contributed by atoms with van der Waals surface area (Å²) in [6, 6.07) is 11.1. The van der Waals surface area contributed by atoms with Crippen LogP contribution in [0.4, 0.5) is 0 Å². The summed E-state index contributed by atoms with van der Waals surface area (Å²) in [5, 5.41) is 2.83. The number of hydrogen-bond acceptors (Lipinski definition) is 0. The van der Waals surface area contributed by atoms with Gasteiger partial charge in [-0.3, -0.25) is 0 Å². The molecule has 0 radical (unpaired) electrons.